The second kappa shape index (κ2) is 6.55. The number of rotatable bonds is 3. The Morgan fingerprint density at radius 2 is 1.60 bits per heavy atom. The van der Waals surface area contributed by atoms with Crippen molar-refractivity contribution >= 4 is 18.4 Å². The third kappa shape index (κ3) is 3.98. The molecule has 100 valence electrons. The first-order valence-corrected chi connectivity index (χ1v) is 6.48. The van der Waals surface area contributed by atoms with Crippen LogP contribution < -0.4 is 0 Å². The van der Waals surface area contributed by atoms with Crippen LogP contribution in [-0.4, -0.2) is 18.0 Å². The second-order valence-corrected chi connectivity index (χ2v) is 4.67. The molecule has 0 saturated carbocycles. The summed E-state index contributed by atoms with van der Waals surface area (Å²) in [6, 6.07) is 16.0. The van der Waals surface area contributed by atoms with Crippen LogP contribution in [0.1, 0.15) is 22.3 Å². The summed E-state index contributed by atoms with van der Waals surface area (Å²) >= 11 is 0. The molecule has 0 aromatic heterocycles. The van der Waals surface area contributed by atoms with Gasteiger partial charge in [-0.2, -0.15) is 0 Å². The smallest absolute Gasteiger partial charge is 0.182 e. The third-order valence-electron chi connectivity index (χ3n) is 2.88. The number of benzene rings is 2. The van der Waals surface area contributed by atoms with Crippen LogP contribution >= 0.6 is 0 Å². The fourth-order valence-corrected chi connectivity index (χ4v) is 1.85. The predicted molar refractivity (Wildman–Crippen MR) is 84.8 cm³/mol. The maximum absolute atomic E-state index is 11.1. The predicted octanol–water partition coefficient (Wildman–Crippen LogP) is 3.88. The standard InChI is InChI=1S/C18H17NO/c1-15-10-12-16(13-11-15)6-5-9-17-7-3-4-8-18(17)14-19(2)20/h3-4,6-14H,1-2H3/b19-14-. The molecular weight excluding hydrogens is 246 g/mol. The normalized spacial score (nSPS) is 10.8. The highest BCUT2D eigenvalue weighted by molar-refractivity contribution is 5.82. The van der Waals surface area contributed by atoms with Crippen LogP contribution in [0.2, 0.25) is 0 Å². The Hall–Kier alpha value is -2.57. The lowest BCUT2D eigenvalue weighted by molar-refractivity contribution is -0.416. The fraction of sp³-hybridized carbons (Fsp3) is 0.111. The van der Waals surface area contributed by atoms with Crippen molar-refractivity contribution in [1.82, 2.24) is 0 Å². The molecule has 2 rings (SSSR count). The Bertz CT molecular complexity index is 671. The van der Waals surface area contributed by atoms with Crippen LogP contribution in [0.3, 0.4) is 0 Å². The van der Waals surface area contributed by atoms with Crippen LogP contribution in [0.15, 0.2) is 54.3 Å². The van der Waals surface area contributed by atoms with Gasteiger partial charge in [-0.1, -0.05) is 48.0 Å². The zero-order valence-electron chi connectivity index (χ0n) is 11.7. The molecule has 0 heterocycles. The van der Waals surface area contributed by atoms with Crippen molar-refractivity contribution in [3.05, 3.63) is 81.7 Å². The van der Waals surface area contributed by atoms with Gasteiger partial charge >= 0.3 is 0 Å². The van der Waals surface area contributed by atoms with Gasteiger partial charge in [0.2, 0.25) is 0 Å². The highest BCUT2D eigenvalue weighted by atomic mass is 16.5. The highest BCUT2D eigenvalue weighted by Gasteiger charge is 1.97. The lowest BCUT2D eigenvalue weighted by atomic mass is 10.1. The highest BCUT2D eigenvalue weighted by Crippen LogP contribution is 2.09. The molecule has 0 bridgehead atoms. The van der Waals surface area contributed by atoms with Gasteiger partial charge in [0.05, 0.1) is 0 Å². The molecule has 0 fully saturated rings. The van der Waals surface area contributed by atoms with E-state index in [1.807, 2.05) is 36.4 Å². The zero-order chi connectivity index (χ0) is 14.4. The molecule has 0 radical (unpaired) electrons. The van der Waals surface area contributed by atoms with E-state index < -0.39 is 0 Å². The van der Waals surface area contributed by atoms with Gasteiger partial charge < -0.3 is 5.21 Å². The van der Waals surface area contributed by atoms with E-state index >= 15 is 0 Å². The number of hydrogen-bond donors (Lipinski definition) is 0. The lowest BCUT2D eigenvalue weighted by Gasteiger charge is -1.99. The second-order valence-electron chi connectivity index (χ2n) is 4.67. The molecule has 2 aromatic rings. The molecular formula is C18H17NO. The van der Waals surface area contributed by atoms with Crippen molar-refractivity contribution in [3.8, 4) is 0 Å². The van der Waals surface area contributed by atoms with E-state index in [4.69, 9.17) is 0 Å². The Kier molecular flexibility index (Phi) is 4.54. The maximum Gasteiger partial charge on any atom is 0.182 e. The molecule has 20 heavy (non-hydrogen) atoms. The Labute approximate surface area is 119 Å². The van der Waals surface area contributed by atoms with E-state index in [1.54, 1.807) is 6.21 Å². The maximum atomic E-state index is 11.1. The molecule has 0 N–H and O–H groups in total. The van der Waals surface area contributed by atoms with Crippen molar-refractivity contribution in [2.24, 2.45) is 0 Å². The van der Waals surface area contributed by atoms with Gasteiger partial charge in [0.25, 0.3) is 0 Å². The van der Waals surface area contributed by atoms with Crippen molar-refractivity contribution in [2.45, 2.75) is 6.92 Å². The molecule has 0 aliphatic heterocycles. The van der Waals surface area contributed by atoms with Crippen LogP contribution in [-0.2, 0) is 0 Å². The molecule has 2 nitrogen and oxygen atoms in total. The molecule has 0 unspecified atom stereocenters. The Balaban J connectivity index is 2.27. The Morgan fingerprint density at radius 3 is 2.25 bits per heavy atom. The number of aryl methyl sites for hydroxylation is 1. The van der Waals surface area contributed by atoms with E-state index in [-0.39, 0.29) is 0 Å². The van der Waals surface area contributed by atoms with Gasteiger partial charge in [0.15, 0.2) is 6.21 Å². The van der Waals surface area contributed by atoms with Gasteiger partial charge in [-0.25, -0.2) is 4.74 Å². The molecule has 0 atom stereocenters. The van der Waals surface area contributed by atoms with E-state index in [1.165, 1.54) is 12.6 Å². The minimum Gasteiger partial charge on any atom is -0.624 e. The van der Waals surface area contributed by atoms with Gasteiger partial charge in [0, 0.05) is 5.56 Å². The van der Waals surface area contributed by atoms with Crippen LogP contribution in [0.25, 0.3) is 12.2 Å². The minimum atomic E-state index is 0.802. The average molecular weight is 263 g/mol. The SMILES string of the molecule is Cc1ccc(C=C=Cc2ccccc2/C=[N+](/C)[O-])cc1. The molecule has 0 spiro atoms. The minimum absolute atomic E-state index is 0.802. The summed E-state index contributed by atoms with van der Waals surface area (Å²) in [5, 5.41) is 11.1. The molecule has 0 aliphatic carbocycles. The van der Waals surface area contributed by atoms with Gasteiger partial charge in [-0.3, -0.25) is 0 Å². The van der Waals surface area contributed by atoms with Crippen molar-refractivity contribution < 1.29 is 4.74 Å². The zero-order valence-corrected chi connectivity index (χ0v) is 11.7. The first-order chi connectivity index (χ1) is 9.65. The summed E-state index contributed by atoms with van der Waals surface area (Å²) in [5.41, 5.74) is 7.36. The van der Waals surface area contributed by atoms with Crippen LogP contribution in [0, 0.1) is 12.1 Å². The number of hydrogen-bond acceptors (Lipinski definition) is 1. The van der Waals surface area contributed by atoms with Gasteiger partial charge in [-0.05, 0) is 36.3 Å². The Morgan fingerprint density at radius 1 is 0.950 bits per heavy atom. The van der Waals surface area contributed by atoms with E-state index in [0.717, 1.165) is 21.4 Å². The molecule has 2 aromatic carbocycles. The molecule has 0 aliphatic rings. The number of nitrogens with zero attached hydrogens (tertiary/aromatic N) is 1. The van der Waals surface area contributed by atoms with E-state index in [0.29, 0.717) is 0 Å². The van der Waals surface area contributed by atoms with E-state index in [2.05, 4.69) is 36.9 Å². The van der Waals surface area contributed by atoms with E-state index in [9.17, 15) is 5.21 Å². The first-order valence-electron chi connectivity index (χ1n) is 6.48. The van der Waals surface area contributed by atoms with Crippen LogP contribution in [0.4, 0.5) is 0 Å². The molecule has 0 amide bonds. The number of hydroxylamine groups is 1. The summed E-state index contributed by atoms with van der Waals surface area (Å²) < 4.78 is 0.802. The molecule has 2 heteroatoms. The van der Waals surface area contributed by atoms with Crippen LogP contribution in [0.5, 0.6) is 0 Å². The summed E-state index contributed by atoms with van der Waals surface area (Å²) in [5.74, 6) is 0. The topological polar surface area (TPSA) is 26.1 Å². The fourth-order valence-electron chi connectivity index (χ4n) is 1.85. The quantitative estimate of drug-likeness (QED) is 0.271. The average Bonchev–Trinajstić information content (AvgIpc) is 2.42. The first kappa shape index (κ1) is 13.9. The van der Waals surface area contributed by atoms with Crippen molar-refractivity contribution in [3.63, 3.8) is 0 Å². The van der Waals surface area contributed by atoms with Crippen molar-refractivity contribution in [2.75, 3.05) is 7.05 Å². The van der Waals surface area contributed by atoms with Gasteiger partial charge in [-0.15, -0.1) is 5.73 Å². The summed E-state index contributed by atoms with van der Waals surface area (Å²) in [4.78, 5) is 0. The monoisotopic (exact) mass is 263 g/mol. The third-order valence-corrected chi connectivity index (χ3v) is 2.88. The largest absolute Gasteiger partial charge is 0.624 e. The molecule has 0 saturated heterocycles. The summed E-state index contributed by atoms with van der Waals surface area (Å²) in [6.07, 6.45) is 5.37. The van der Waals surface area contributed by atoms with Gasteiger partial charge in [0.1, 0.15) is 7.05 Å². The summed E-state index contributed by atoms with van der Waals surface area (Å²) in [7, 11) is 1.47. The van der Waals surface area contributed by atoms with Crippen molar-refractivity contribution in [1.29, 1.82) is 0 Å². The lowest BCUT2D eigenvalue weighted by Crippen LogP contribution is -1.98. The summed E-state index contributed by atoms with van der Waals surface area (Å²) in [6.45, 7) is 2.06.